The zero-order chi connectivity index (χ0) is 27.4. The van der Waals surface area contributed by atoms with Gasteiger partial charge in [-0.25, -0.2) is 27.8 Å². The molecule has 0 saturated heterocycles. The van der Waals surface area contributed by atoms with E-state index in [0.29, 0.717) is 35.1 Å². The Hall–Kier alpha value is -3.93. The van der Waals surface area contributed by atoms with Gasteiger partial charge in [0.15, 0.2) is 27.3 Å². The van der Waals surface area contributed by atoms with Crippen LogP contribution >= 0.6 is 0 Å². The summed E-state index contributed by atoms with van der Waals surface area (Å²) in [7, 11) is -0.791. The third-order valence-electron chi connectivity index (χ3n) is 6.40. The topological polar surface area (TPSA) is 122 Å². The van der Waals surface area contributed by atoms with E-state index in [-0.39, 0.29) is 11.6 Å². The number of benzene rings is 1. The van der Waals surface area contributed by atoms with Gasteiger partial charge in [-0.05, 0) is 37.6 Å². The van der Waals surface area contributed by atoms with Crippen molar-refractivity contribution in [2.24, 2.45) is 0 Å². The molecule has 3 heterocycles. The van der Waals surface area contributed by atoms with Gasteiger partial charge in [0.2, 0.25) is 0 Å². The number of rotatable bonds is 10. The van der Waals surface area contributed by atoms with Crippen molar-refractivity contribution in [2.75, 3.05) is 14.2 Å². The van der Waals surface area contributed by atoms with Crippen molar-refractivity contribution in [1.29, 1.82) is 0 Å². The van der Waals surface area contributed by atoms with Gasteiger partial charge in [-0.2, -0.15) is 0 Å². The van der Waals surface area contributed by atoms with E-state index in [1.165, 1.54) is 14.2 Å². The number of sulfone groups is 1. The number of hydrogen-bond donors (Lipinski definition) is 0. The van der Waals surface area contributed by atoms with Gasteiger partial charge in [0.25, 0.3) is 0 Å². The zero-order valence-electron chi connectivity index (χ0n) is 21.8. The maximum atomic E-state index is 13.6. The summed E-state index contributed by atoms with van der Waals surface area (Å²) in [4.78, 5) is 12.6. The van der Waals surface area contributed by atoms with E-state index < -0.39 is 32.6 Å². The first kappa shape index (κ1) is 27.1. The van der Waals surface area contributed by atoms with Gasteiger partial charge in [-0.3, -0.25) is 4.57 Å². The molecule has 1 aromatic carbocycles. The van der Waals surface area contributed by atoms with Crippen molar-refractivity contribution in [1.82, 2.24) is 29.7 Å². The van der Waals surface area contributed by atoms with Gasteiger partial charge in [-0.15, -0.1) is 10.2 Å². The number of nitrogens with zero attached hydrogens (tertiary/aromatic N) is 6. The summed E-state index contributed by atoms with van der Waals surface area (Å²) < 4.78 is 53.4. The van der Waals surface area contributed by atoms with Crippen LogP contribution in [-0.2, 0) is 22.0 Å². The predicted octanol–water partition coefficient (Wildman–Crippen LogP) is 3.95. The average molecular weight is 541 g/mol. The molecular weight excluding hydrogens is 511 g/mol. The molecule has 0 aliphatic rings. The first-order valence-electron chi connectivity index (χ1n) is 12.0. The Morgan fingerprint density at radius 3 is 2.21 bits per heavy atom. The second kappa shape index (κ2) is 11.2. The van der Waals surface area contributed by atoms with Crippen molar-refractivity contribution in [2.45, 2.75) is 44.1 Å². The van der Waals surface area contributed by atoms with Crippen LogP contribution in [0.1, 0.15) is 44.0 Å². The number of hydrogen-bond acceptors (Lipinski definition) is 9. The number of aryl methyl sites for hydroxylation is 1. The van der Waals surface area contributed by atoms with Gasteiger partial charge in [0, 0.05) is 11.6 Å². The molecule has 3 aromatic heterocycles. The first-order valence-corrected chi connectivity index (χ1v) is 13.7. The molecule has 0 radical (unpaired) electrons. The van der Waals surface area contributed by atoms with Crippen LogP contribution in [0.15, 0.2) is 48.8 Å². The van der Waals surface area contributed by atoms with E-state index >= 15 is 0 Å². The highest BCUT2D eigenvalue weighted by molar-refractivity contribution is 7.91. The number of aromatic nitrogens is 6. The summed E-state index contributed by atoms with van der Waals surface area (Å²) in [5.74, 6) is -0.0167. The quantitative estimate of drug-likeness (QED) is 0.294. The molecule has 38 heavy (non-hydrogen) atoms. The summed E-state index contributed by atoms with van der Waals surface area (Å²) in [6.07, 6.45) is 2.75. The fourth-order valence-corrected chi connectivity index (χ4v) is 5.61. The van der Waals surface area contributed by atoms with Crippen molar-refractivity contribution in [3.8, 4) is 28.7 Å². The molecule has 4 rings (SSSR count). The number of ether oxygens (including phenoxy) is 2. The Balaban J connectivity index is 1.84. The maximum Gasteiger partial charge on any atom is 0.187 e. The first-order chi connectivity index (χ1) is 18.2. The molecule has 0 aliphatic heterocycles. The van der Waals surface area contributed by atoms with E-state index in [9.17, 15) is 12.8 Å². The fourth-order valence-electron chi connectivity index (χ4n) is 4.05. The molecule has 0 amide bonds. The van der Waals surface area contributed by atoms with E-state index in [1.54, 1.807) is 42.7 Å². The molecule has 0 bridgehead atoms. The van der Waals surface area contributed by atoms with E-state index in [0.717, 1.165) is 18.1 Å². The number of para-hydroxylation sites is 1. The molecule has 4 aromatic rings. The van der Waals surface area contributed by atoms with Crippen molar-refractivity contribution in [3.05, 3.63) is 72.0 Å². The molecule has 0 aliphatic carbocycles. The lowest BCUT2D eigenvalue weighted by atomic mass is 10.1. The van der Waals surface area contributed by atoms with Crippen molar-refractivity contribution < 1.29 is 22.3 Å². The van der Waals surface area contributed by atoms with Crippen LogP contribution in [0.4, 0.5) is 4.39 Å². The Labute approximate surface area is 220 Å². The molecular formula is C26H29FN6O4S. The third-order valence-corrected chi connectivity index (χ3v) is 8.60. The maximum absolute atomic E-state index is 13.6. The lowest BCUT2D eigenvalue weighted by Crippen LogP contribution is -2.27. The Morgan fingerprint density at radius 1 is 0.974 bits per heavy atom. The summed E-state index contributed by atoms with van der Waals surface area (Å²) >= 11 is 0. The highest BCUT2D eigenvalue weighted by Crippen LogP contribution is 2.37. The Morgan fingerprint density at radius 2 is 1.61 bits per heavy atom. The highest BCUT2D eigenvalue weighted by Gasteiger charge is 2.33. The van der Waals surface area contributed by atoms with Crippen LogP contribution in [0.2, 0.25) is 0 Å². The second-order valence-corrected chi connectivity index (χ2v) is 11.1. The van der Waals surface area contributed by atoms with Crippen LogP contribution in [-0.4, -0.2) is 57.6 Å². The molecule has 2 atom stereocenters. The second-order valence-electron chi connectivity index (χ2n) is 8.71. The van der Waals surface area contributed by atoms with Crippen molar-refractivity contribution >= 4 is 9.84 Å². The third kappa shape index (κ3) is 5.35. The predicted molar refractivity (Wildman–Crippen MR) is 140 cm³/mol. The van der Waals surface area contributed by atoms with Crippen LogP contribution in [0.25, 0.3) is 17.2 Å². The molecule has 0 saturated carbocycles. The molecule has 0 spiro atoms. The molecule has 12 heteroatoms. The van der Waals surface area contributed by atoms with E-state index in [1.807, 2.05) is 19.1 Å². The summed E-state index contributed by atoms with van der Waals surface area (Å²) in [6, 6.07) is 10.8. The summed E-state index contributed by atoms with van der Waals surface area (Å²) in [5, 5.41) is 7.74. The normalized spacial score (nSPS) is 13.2. The molecule has 0 N–H and O–H groups in total. The average Bonchev–Trinajstić information content (AvgIpc) is 3.34. The number of pyridine rings is 1. The monoisotopic (exact) mass is 540 g/mol. The van der Waals surface area contributed by atoms with Crippen LogP contribution in [0.3, 0.4) is 0 Å². The highest BCUT2D eigenvalue weighted by atomic mass is 32.2. The van der Waals surface area contributed by atoms with Crippen LogP contribution < -0.4 is 9.47 Å². The van der Waals surface area contributed by atoms with E-state index in [2.05, 4.69) is 25.1 Å². The molecule has 0 unspecified atom stereocenters. The van der Waals surface area contributed by atoms with Gasteiger partial charge in [0.05, 0.1) is 31.9 Å². The standard InChI is InChI=1S/C26H29FN6O4S/c1-6-19-9-7-10-20(30-19)26-32-31-23(33(26)24-21(36-4)11-8-12-22(24)37-5)15-38(34,35)17(3)16(2)25-28-13-18(27)14-29-25/h7-14,16-17H,6,15H2,1-5H3/t16-,17-/m1/s1. The summed E-state index contributed by atoms with van der Waals surface area (Å²) in [6.45, 7) is 5.25. The number of methoxy groups -OCH3 is 2. The lowest BCUT2D eigenvalue weighted by Gasteiger charge is -2.20. The Kier molecular flexibility index (Phi) is 8.00. The largest absolute Gasteiger partial charge is 0.494 e. The minimum absolute atomic E-state index is 0.158. The van der Waals surface area contributed by atoms with Gasteiger partial charge < -0.3 is 9.47 Å². The minimum atomic E-state index is -3.82. The molecule has 200 valence electrons. The fraction of sp³-hybridized carbons (Fsp3) is 0.346. The summed E-state index contributed by atoms with van der Waals surface area (Å²) in [5.41, 5.74) is 1.82. The molecule has 0 fully saturated rings. The van der Waals surface area contributed by atoms with Crippen LogP contribution in [0.5, 0.6) is 11.5 Å². The van der Waals surface area contributed by atoms with E-state index in [4.69, 9.17) is 9.47 Å². The Bertz CT molecular complexity index is 1500. The SMILES string of the molecule is CCc1cccc(-c2nnc(CS(=O)(=O)[C@H](C)[C@@H](C)c3ncc(F)cn3)n2-c2c(OC)cccc2OC)n1. The lowest BCUT2D eigenvalue weighted by molar-refractivity contribution is 0.390. The van der Waals surface area contributed by atoms with Gasteiger partial charge in [-0.1, -0.05) is 26.0 Å². The van der Waals surface area contributed by atoms with Gasteiger partial charge in [0.1, 0.15) is 34.5 Å². The zero-order valence-corrected chi connectivity index (χ0v) is 22.6. The van der Waals surface area contributed by atoms with Gasteiger partial charge >= 0.3 is 0 Å². The smallest absolute Gasteiger partial charge is 0.187 e. The van der Waals surface area contributed by atoms with Crippen molar-refractivity contribution in [3.63, 3.8) is 0 Å². The minimum Gasteiger partial charge on any atom is -0.494 e. The molecule has 10 nitrogen and oxygen atoms in total. The van der Waals surface area contributed by atoms with Crippen LogP contribution in [0, 0.1) is 5.82 Å². The number of halogens is 1.